The third-order valence-corrected chi connectivity index (χ3v) is 3.14. The summed E-state index contributed by atoms with van der Waals surface area (Å²) >= 11 is 5.93. The van der Waals surface area contributed by atoms with E-state index >= 15 is 0 Å². The molecule has 21 heavy (non-hydrogen) atoms. The van der Waals surface area contributed by atoms with Crippen LogP contribution in [0.4, 0.5) is 4.79 Å². The summed E-state index contributed by atoms with van der Waals surface area (Å²) in [5, 5.41) is 2.99. The molecule has 0 saturated carbocycles. The van der Waals surface area contributed by atoms with Gasteiger partial charge in [0.05, 0.1) is 0 Å². The number of carbonyl (C=O) groups excluding carboxylic acids is 3. The van der Waals surface area contributed by atoms with E-state index < -0.39 is 24.5 Å². The van der Waals surface area contributed by atoms with Crippen LogP contribution in [0.15, 0.2) is 30.3 Å². The fourth-order valence-corrected chi connectivity index (χ4v) is 1.94. The number of esters is 1. The SMILES string of the molecule is O=C(/C=C/c1ccccc1Cl)OCC(=O)N1CCNC1=O. The minimum atomic E-state index is -0.678. The number of benzene rings is 1. The van der Waals surface area contributed by atoms with E-state index in [-0.39, 0.29) is 6.54 Å². The number of imide groups is 1. The molecule has 1 aromatic rings. The molecule has 7 heteroatoms. The monoisotopic (exact) mass is 308 g/mol. The van der Waals surface area contributed by atoms with Gasteiger partial charge >= 0.3 is 12.0 Å². The second kappa shape index (κ2) is 6.90. The molecule has 1 aliphatic rings. The smallest absolute Gasteiger partial charge is 0.331 e. The van der Waals surface area contributed by atoms with Crippen molar-refractivity contribution in [3.63, 3.8) is 0 Å². The number of rotatable bonds is 4. The van der Waals surface area contributed by atoms with Gasteiger partial charge < -0.3 is 10.1 Å². The summed E-state index contributed by atoms with van der Waals surface area (Å²) < 4.78 is 4.79. The van der Waals surface area contributed by atoms with E-state index in [1.807, 2.05) is 0 Å². The predicted molar refractivity (Wildman–Crippen MR) is 76.6 cm³/mol. The minimum absolute atomic E-state index is 0.282. The average Bonchev–Trinajstić information content (AvgIpc) is 2.90. The zero-order chi connectivity index (χ0) is 15.2. The molecule has 0 spiro atoms. The molecule has 6 nitrogen and oxygen atoms in total. The average molecular weight is 309 g/mol. The Morgan fingerprint density at radius 3 is 2.81 bits per heavy atom. The van der Waals surface area contributed by atoms with Crippen LogP contribution in [0.1, 0.15) is 5.56 Å². The van der Waals surface area contributed by atoms with Crippen LogP contribution >= 0.6 is 11.6 Å². The molecule has 0 bridgehead atoms. The quantitative estimate of drug-likeness (QED) is 0.675. The Kier molecular flexibility index (Phi) is 4.94. The van der Waals surface area contributed by atoms with Gasteiger partial charge in [-0.3, -0.25) is 9.69 Å². The summed E-state index contributed by atoms with van der Waals surface area (Å²) in [4.78, 5) is 35.4. The number of hydrogen-bond donors (Lipinski definition) is 1. The van der Waals surface area contributed by atoms with Gasteiger partial charge in [-0.25, -0.2) is 9.59 Å². The number of ether oxygens (including phenoxy) is 1. The van der Waals surface area contributed by atoms with Crippen molar-refractivity contribution in [3.05, 3.63) is 40.9 Å². The first-order valence-corrected chi connectivity index (χ1v) is 6.63. The Bertz CT molecular complexity index is 600. The molecule has 0 aliphatic carbocycles. The van der Waals surface area contributed by atoms with E-state index in [9.17, 15) is 14.4 Å². The van der Waals surface area contributed by atoms with Crippen LogP contribution in [0.3, 0.4) is 0 Å². The van der Waals surface area contributed by atoms with Gasteiger partial charge in [-0.15, -0.1) is 0 Å². The molecular weight excluding hydrogens is 296 g/mol. The van der Waals surface area contributed by atoms with Crippen molar-refractivity contribution >= 4 is 35.6 Å². The molecule has 1 aliphatic heterocycles. The standard InChI is InChI=1S/C14H13ClN2O4/c15-11-4-2-1-3-10(11)5-6-13(19)21-9-12(18)17-8-7-16-14(17)20/h1-6H,7-9H2,(H,16,20)/b6-5+. The number of halogens is 1. The highest BCUT2D eigenvalue weighted by molar-refractivity contribution is 6.32. The Labute approximate surface area is 126 Å². The van der Waals surface area contributed by atoms with Gasteiger partial charge in [-0.1, -0.05) is 29.8 Å². The van der Waals surface area contributed by atoms with Gasteiger partial charge in [0, 0.05) is 24.2 Å². The Morgan fingerprint density at radius 2 is 2.14 bits per heavy atom. The van der Waals surface area contributed by atoms with Gasteiger partial charge in [-0.2, -0.15) is 0 Å². The predicted octanol–water partition coefficient (Wildman–Crippen LogP) is 1.45. The molecule has 0 aromatic heterocycles. The highest BCUT2D eigenvalue weighted by Gasteiger charge is 2.26. The van der Waals surface area contributed by atoms with Gasteiger partial charge in [0.25, 0.3) is 5.91 Å². The van der Waals surface area contributed by atoms with Gasteiger partial charge in [0.15, 0.2) is 6.61 Å². The zero-order valence-corrected chi connectivity index (χ0v) is 11.8. The van der Waals surface area contributed by atoms with E-state index in [0.717, 1.165) is 4.90 Å². The Morgan fingerprint density at radius 1 is 1.38 bits per heavy atom. The Hall–Kier alpha value is -2.34. The maximum absolute atomic E-state index is 11.6. The molecule has 0 radical (unpaired) electrons. The lowest BCUT2D eigenvalue weighted by Crippen LogP contribution is -2.37. The fraction of sp³-hybridized carbons (Fsp3) is 0.214. The van der Waals surface area contributed by atoms with Crippen molar-refractivity contribution in [2.24, 2.45) is 0 Å². The van der Waals surface area contributed by atoms with Crippen molar-refractivity contribution < 1.29 is 19.1 Å². The lowest BCUT2D eigenvalue weighted by molar-refractivity contribution is -0.146. The molecule has 3 amide bonds. The summed E-state index contributed by atoms with van der Waals surface area (Å²) in [6.45, 7) is 0.217. The first kappa shape index (κ1) is 15.1. The summed E-state index contributed by atoms with van der Waals surface area (Å²) in [6, 6.07) is 6.53. The van der Waals surface area contributed by atoms with Crippen molar-refractivity contribution in [1.29, 1.82) is 0 Å². The molecule has 1 N–H and O–H groups in total. The van der Waals surface area contributed by atoms with Crippen molar-refractivity contribution in [3.8, 4) is 0 Å². The molecular formula is C14H13ClN2O4. The summed E-state index contributed by atoms with van der Waals surface area (Å²) in [7, 11) is 0. The van der Waals surface area contributed by atoms with Crippen LogP contribution in [-0.2, 0) is 14.3 Å². The zero-order valence-electron chi connectivity index (χ0n) is 11.0. The second-order valence-corrected chi connectivity index (χ2v) is 4.65. The molecule has 1 saturated heterocycles. The summed E-state index contributed by atoms with van der Waals surface area (Å²) in [5.41, 5.74) is 0.668. The van der Waals surface area contributed by atoms with E-state index in [0.29, 0.717) is 17.1 Å². The summed E-state index contributed by atoms with van der Waals surface area (Å²) in [6.07, 6.45) is 2.68. The van der Waals surface area contributed by atoms with E-state index in [1.54, 1.807) is 24.3 Å². The third-order valence-electron chi connectivity index (χ3n) is 2.80. The first-order valence-electron chi connectivity index (χ1n) is 6.25. The number of amides is 3. The molecule has 1 heterocycles. The Balaban J connectivity index is 1.84. The van der Waals surface area contributed by atoms with Crippen LogP contribution in [0, 0.1) is 0 Å². The highest BCUT2D eigenvalue weighted by atomic mass is 35.5. The van der Waals surface area contributed by atoms with Gasteiger partial charge in [0.2, 0.25) is 0 Å². The van der Waals surface area contributed by atoms with E-state index in [1.165, 1.54) is 12.2 Å². The number of urea groups is 1. The van der Waals surface area contributed by atoms with E-state index in [2.05, 4.69) is 5.32 Å². The van der Waals surface area contributed by atoms with Crippen LogP contribution in [0.2, 0.25) is 5.02 Å². The van der Waals surface area contributed by atoms with Crippen molar-refractivity contribution in [2.45, 2.75) is 0 Å². The molecule has 0 atom stereocenters. The van der Waals surface area contributed by atoms with E-state index in [4.69, 9.17) is 16.3 Å². The second-order valence-electron chi connectivity index (χ2n) is 4.24. The largest absolute Gasteiger partial charge is 0.452 e. The maximum Gasteiger partial charge on any atom is 0.331 e. The third kappa shape index (κ3) is 4.06. The first-order chi connectivity index (χ1) is 10.1. The molecule has 0 unspecified atom stereocenters. The lowest BCUT2D eigenvalue weighted by Gasteiger charge is -2.11. The highest BCUT2D eigenvalue weighted by Crippen LogP contribution is 2.16. The lowest BCUT2D eigenvalue weighted by atomic mass is 10.2. The summed E-state index contributed by atoms with van der Waals surface area (Å²) in [5.74, 6) is -1.23. The fourth-order valence-electron chi connectivity index (χ4n) is 1.74. The molecule has 1 aromatic carbocycles. The van der Waals surface area contributed by atoms with Gasteiger partial charge in [-0.05, 0) is 17.7 Å². The van der Waals surface area contributed by atoms with Crippen LogP contribution in [-0.4, -0.2) is 42.5 Å². The van der Waals surface area contributed by atoms with Crippen LogP contribution < -0.4 is 5.32 Å². The number of carbonyl (C=O) groups is 3. The maximum atomic E-state index is 11.6. The normalized spacial score (nSPS) is 14.3. The van der Waals surface area contributed by atoms with Crippen LogP contribution in [0.25, 0.3) is 6.08 Å². The molecule has 2 rings (SSSR count). The van der Waals surface area contributed by atoms with Gasteiger partial charge in [0.1, 0.15) is 0 Å². The topological polar surface area (TPSA) is 75.7 Å². The number of nitrogens with zero attached hydrogens (tertiary/aromatic N) is 1. The van der Waals surface area contributed by atoms with Crippen LogP contribution in [0.5, 0.6) is 0 Å². The van der Waals surface area contributed by atoms with Crippen molar-refractivity contribution in [2.75, 3.05) is 19.7 Å². The van der Waals surface area contributed by atoms with Crippen molar-refractivity contribution in [1.82, 2.24) is 10.2 Å². The number of nitrogens with one attached hydrogen (secondary N) is 1. The molecule has 1 fully saturated rings. The minimum Gasteiger partial charge on any atom is -0.452 e. The number of hydrogen-bond acceptors (Lipinski definition) is 4. The molecule has 110 valence electrons.